The van der Waals surface area contributed by atoms with Crippen LogP contribution >= 0.6 is 0 Å². The van der Waals surface area contributed by atoms with Gasteiger partial charge in [-0.1, -0.05) is 38.8 Å². The molecule has 2 aliphatic carbocycles. The van der Waals surface area contributed by atoms with Gasteiger partial charge in [-0.05, 0) is 68.6 Å². The van der Waals surface area contributed by atoms with Crippen LogP contribution in [-0.4, -0.2) is 22.8 Å². The third-order valence-electron chi connectivity index (χ3n) is 7.08. The molecule has 0 bridgehead atoms. The summed E-state index contributed by atoms with van der Waals surface area (Å²) in [5.74, 6) is 0.589. The van der Waals surface area contributed by atoms with Crippen molar-refractivity contribution in [3.8, 4) is 0 Å². The molecular formula is C20H34O3. The lowest BCUT2D eigenvalue weighted by atomic mass is 9.46. The molecule has 0 aliphatic heterocycles. The second-order valence-corrected chi connectivity index (χ2v) is 8.58. The number of allylic oxidation sites excluding steroid dienone is 1. The molecule has 0 aromatic heterocycles. The first-order chi connectivity index (χ1) is 10.8. The number of hydrogen-bond acceptors (Lipinski definition) is 2. The SMILES string of the molecule is C=C1CCC2[C@](C)(CCC[C@]2(C)C(=O)O)C1CCC(C)CCO. The lowest BCUT2D eigenvalue weighted by Crippen LogP contribution is -2.53. The van der Waals surface area contributed by atoms with Crippen molar-refractivity contribution in [1.82, 2.24) is 0 Å². The van der Waals surface area contributed by atoms with Crippen molar-refractivity contribution in [2.45, 2.75) is 72.1 Å². The van der Waals surface area contributed by atoms with Gasteiger partial charge in [0.25, 0.3) is 0 Å². The van der Waals surface area contributed by atoms with E-state index >= 15 is 0 Å². The first kappa shape index (κ1) is 18.5. The maximum absolute atomic E-state index is 12.0. The Kier molecular flexibility index (Phi) is 5.60. The minimum absolute atomic E-state index is 0.0691. The van der Waals surface area contributed by atoms with E-state index in [0.29, 0.717) is 11.8 Å². The fourth-order valence-corrected chi connectivity index (χ4v) is 5.55. The molecule has 0 saturated heterocycles. The topological polar surface area (TPSA) is 57.5 Å². The maximum Gasteiger partial charge on any atom is 0.309 e. The fourth-order valence-electron chi connectivity index (χ4n) is 5.55. The number of carboxylic acid groups (broad SMARTS) is 1. The van der Waals surface area contributed by atoms with Crippen LogP contribution in [-0.2, 0) is 4.79 Å². The molecule has 0 aromatic rings. The van der Waals surface area contributed by atoms with Crippen molar-refractivity contribution in [1.29, 1.82) is 0 Å². The Labute approximate surface area is 141 Å². The third-order valence-corrected chi connectivity index (χ3v) is 7.08. The van der Waals surface area contributed by atoms with Crippen LogP contribution in [0.4, 0.5) is 0 Å². The van der Waals surface area contributed by atoms with E-state index in [-0.39, 0.29) is 17.9 Å². The Bertz CT molecular complexity index is 458. The normalized spacial score (nSPS) is 38.9. The highest BCUT2D eigenvalue weighted by molar-refractivity contribution is 5.75. The maximum atomic E-state index is 12.0. The van der Waals surface area contributed by atoms with Crippen LogP contribution in [0, 0.1) is 28.6 Å². The number of carboxylic acids is 1. The summed E-state index contributed by atoms with van der Waals surface area (Å²) in [6.07, 6.45) is 7.92. The lowest BCUT2D eigenvalue weighted by Gasteiger charge is -2.57. The highest BCUT2D eigenvalue weighted by atomic mass is 16.4. The smallest absolute Gasteiger partial charge is 0.309 e. The summed E-state index contributed by atoms with van der Waals surface area (Å²) in [6.45, 7) is 11.1. The van der Waals surface area contributed by atoms with Crippen molar-refractivity contribution >= 4 is 5.97 Å². The predicted molar refractivity (Wildman–Crippen MR) is 93.2 cm³/mol. The molecule has 2 saturated carbocycles. The Morgan fingerprint density at radius 2 is 2.04 bits per heavy atom. The molecular weight excluding hydrogens is 288 g/mol. The van der Waals surface area contributed by atoms with Crippen molar-refractivity contribution in [2.24, 2.45) is 28.6 Å². The van der Waals surface area contributed by atoms with Gasteiger partial charge in [0, 0.05) is 6.61 Å². The molecule has 2 fully saturated rings. The van der Waals surface area contributed by atoms with Gasteiger partial charge in [-0.15, -0.1) is 0 Å². The van der Waals surface area contributed by atoms with Crippen LogP contribution in [0.25, 0.3) is 0 Å². The van der Waals surface area contributed by atoms with Crippen molar-refractivity contribution < 1.29 is 15.0 Å². The van der Waals surface area contributed by atoms with Crippen LogP contribution < -0.4 is 0 Å². The monoisotopic (exact) mass is 322 g/mol. The number of rotatable bonds is 6. The summed E-state index contributed by atoms with van der Waals surface area (Å²) in [7, 11) is 0. The molecule has 5 atom stereocenters. The van der Waals surface area contributed by atoms with Crippen molar-refractivity contribution in [3.63, 3.8) is 0 Å². The lowest BCUT2D eigenvalue weighted by molar-refractivity contribution is -0.164. The molecule has 2 aliphatic rings. The van der Waals surface area contributed by atoms with Gasteiger partial charge in [0.2, 0.25) is 0 Å². The highest BCUT2D eigenvalue weighted by Gasteiger charge is 2.57. The Morgan fingerprint density at radius 1 is 1.35 bits per heavy atom. The molecule has 3 nitrogen and oxygen atoms in total. The summed E-state index contributed by atoms with van der Waals surface area (Å²) in [5.41, 5.74) is 0.817. The summed E-state index contributed by atoms with van der Waals surface area (Å²) in [6, 6.07) is 0. The molecule has 132 valence electrons. The van der Waals surface area contributed by atoms with Crippen LogP contribution in [0.1, 0.15) is 72.1 Å². The quantitative estimate of drug-likeness (QED) is 0.700. The van der Waals surface area contributed by atoms with Gasteiger partial charge in [-0.3, -0.25) is 4.79 Å². The number of hydrogen-bond donors (Lipinski definition) is 2. The summed E-state index contributed by atoms with van der Waals surface area (Å²) in [5, 5.41) is 19.0. The number of fused-ring (bicyclic) bond motifs is 1. The predicted octanol–water partition coefficient (Wildman–Crippen LogP) is 4.65. The molecule has 0 aromatic carbocycles. The van der Waals surface area contributed by atoms with Gasteiger partial charge in [0.15, 0.2) is 0 Å². The van der Waals surface area contributed by atoms with Gasteiger partial charge in [0.1, 0.15) is 0 Å². The molecule has 3 unspecified atom stereocenters. The molecule has 0 amide bonds. The number of aliphatic carboxylic acids is 1. The number of aliphatic hydroxyl groups excluding tert-OH is 1. The Morgan fingerprint density at radius 3 is 2.65 bits per heavy atom. The molecule has 3 heteroatoms. The second-order valence-electron chi connectivity index (χ2n) is 8.58. The van der Waals surface area contributed by atoms with Gasteiger partial charge < -0.3 is 10.2 Å². The Balaban J connectivity index is 2.21. The van der Waals surface area contributed by atoms with Gasteiger partial charge in [-0.25, -0.2) is 0 Å². The minimum Gasteiger partial charge on any atom is -0.481 e. The average Bonchev–Trinajstić information content (AvgIpc) is 2.46. The minimum atomic E-state index is -0.617. The van der Waals surface area contributed by atoms with E-state index in [2.05, 4.69) is 20.4 Å². The fraction of sp³-hybridized carbons (Fsp3) is 0.850. The first-order valence-corrected chi connectivity index (χ1v) is 9.27. The molecule has 2 N–H and O–H groups in total. The van der Waals surface area contributed by atoms with Crippen LogP contribution in [0.15, 0.2) is 12.2 Å². The van der Waals surface area contributed by atoms with E-state index in [0.717, 1.165) is 51.4 Å². The molecule has 2 rings (SSSR count). The van der Waals surface area contributed by atoms with E-state index in [1.54, 1.807) is 0 Å². The average molecular weight is 322 g/mol. The van der Waals surface area contributed by atoms with E-state index in [1.165, 1.54) is 5.57 Å². The molecule has 0 radical (unpaired) electrons. The van der Waals surface area contributed by atoms with E-state index < -0.39 is 11.4 Å². The number of aliphatic hydroxyl groups is 1. The van der Waals surface area contributed by atoms with Crippen molar-refractivity contribution in [2.75, 3.05) is 6.61 Å². The zero-order valence-electron chi connectivity index (χ0n) is 15.1. The van der Waals surface area contributed by atoms with Gasteiger partial charge in [0.05, 0.1) is 5.41 Å². The zero-order chi connectivity index (χ0) is 17.3. The molecule has 0 heterocycles. The van der Waals surface area contributed by atoms with Crippen LogP contribution in [0.5, 0.6) is 0 Å². The summed E-state index contributed by atoms with van der Waals surface area (Å²) >= 11 is 0. The zero-order valence-corrected chi connectivity index (χ0v) is 15.1. The van der Waals surface area contributed by atoms with Gasteiger partial charge >= 0.3 is 5.97 Å². The number of carbonyl (C=O) groups is 1. The van der Waals surface area contributed by atoms with Gasteiger partial charge in [-0.2, -0.15) is 0 Å². The van der Waals surface area contributed by atoms with Crippen molar-refractivity contribution in [3.05, 3.63) is 12.2 Å². The third kappa shape index (κ3) is 3.35. The van der Waals surface area contributed by atoms with Crippen LogP contribution in [0.3, 0.4) is 0 Å². The first-order valence-electron chi connectivity index (χ1n) is 9.27. The Hall–Kier alpha value is -0.830. The van der Waals surface area contributed by atoms with E-state index in [9.17, 15) is 9.90 Å². The standard InChI is InChI=1S/C20H34O3/c1-14(10-13-21)6-8-16-15(2)7-9-17-19(16,3)11-5-12-20(17,4)18(22)23/h14,16-17,21H,2,5-13H2,1,3-4H3,(H,22,23)/t14?,16?,17?,19-,20+/m1/s1. The highest BCUT2D eigenvalue weighted by Crippen LogP contribution is 2.62. The second kappa shape index (κ2) is 6.96. The summed E-state index contributed by atoms with van der Waals surface area (Å²) < 4.78 is 0. The molecule has 0 spiro atoms. The molecule has 23 heavy (non-hydrogen) atoms. The van der Waals surface area contributed by atoms with Crippen LogP contribution in [0.2, 0.25) is 0 Å². The van der Waals surface area contributed by atoms with E-state index in [1.807, 2.05) is 6.92 Å². The van der Waals surface area contributed by atoms with E-state index in [4.69, 9.17) is 5.11 Å². The summed E-state index contributed by atoms with van der Waals surface area (Å²) in [4.78, 5) is 12.0. The largest absolute Gasteiger partial charge is 0.481 e.